The summed E-state index contributed by atoms with van der Waals surface area (Å²) in [6.45, 7) is 15.9. The van der Waals surface area contributed by atoms with E-state index in [0.29, 0.717) is 37.0 Å². The van der Waals surface area contributed by atoms with Crippen LogP contribution in [-0.4, -0.2) is 49.0 Å². The van der Waals surface area contributed by atoms with E-state index in [1.807, 2.05) is 41.7 Å². The number of carbonyl (C=O) groups excluding carboxylic acids is 2. The van der Waals surface area contributed by atoms with Crippen molar-refractivity contribution in [3.8, 4) is 11.8 Å². The Bertz CT molecular complexity index is 1150. The molecule has 39 heavy (non-hydrogen) atoms. The van der Waals surface area contributed by atoms with Gasteiger partial charge in [0.1, 0.15) is 17.3 Å². The van der Waals surface area contributed by atoms with E-state index in [1.54, 1.807) is 19.2 Å². The molecule has 3 aromatic rings. The quantitative estimate of drug-likeness (QED) is 0.147. The third-order valence-electron chi connectivity index (χ3n) is 4.93. The van der Waals surface area contributed by atoms with Crippen molar-refractivity contribution in [1.29, 1.82) is 0 Å². The van der Waals surface area contributed by atoms with E-state index in [4.69, 9.17) is 14.3 Å². The summed E-state index contributed by atoms with van der Waals surface area (Å²) in [7, 11) is 1.59. The number of nitrogens with one attached hydrogen (secondary N) is 1. The molecule has 1 N–H and O–H groups in total. The number of rotatable bonds is 12. The zero-order valence-corrected chi connectivity index (χ0v) is 23.5. The molecule has 2 aromatic carbocycles. The number of allylic oxidation sites excluding steroid dienone is 1. The maximum absolute atomic E-state index is 13.2. The molecular formula is C29H34Li2N4O4-4. The molecule has 1 heterocycles. The van der Waals surface area contributed by atoms with Crippen LogP contribution in [0.25, 0.3) is 10.8 Å². The standard InChI is InChI=1S/C25H28N4O3.C3H3O.CH3.2Li/c1-5-8-11-14-32-25-27-22(17-23(28-25)29(6-2)7-3)24(30)26-21-16-19(31-4)15-18-12-9-10-13-20(18)21;1-2-3-4;;;/h9-13,15-17H,1-3,5-8,14H2,4H3,(H,26,30);2H,1H2;1H3;;/q-4;2*-1;2*+1. The smallest absolute Gasteiger partial charge is 0.497 e. The van der Waals surface area contributed by atoms with Gasteiger partial charge in [-0.1, -0.05) is 24.3 Å². The van der Waals surface area contributed by atoms with Crippen molar-refractivity contribution in [2.45, 2.75) is 12.8 Å². The van der Waals surface area contributed by atoms with Crippen LogP contribution in [0.15, 0.2) is 55.1 Å². The summed E-state index contributed by atoms with van der Waals surface area (Å²) in [6.07, 6.45) is 6.06. The Hall–Kier alpha value is -2.75. The Balaban J connectivity index is 0. The summed E-state index contributed by atoms with van der Waals surface area (Å²) in [6, 6.07) is 13.2. The molecule has 3 rings (SSSR count). The summed E-state index contributed by atoms with van der Waals surface area (Å²) >= 11 is 0. The van der Waals surface area contributed by atoms with Crippen LogP contribution in [0.5, 0.6) is 11.8 Å². The van der Waals surface area contributed by atoms with Gasteiger partial charge in [-0.2, -0.15) is 9.97 Å². The van der Waals surface area contributed by atoms with Crippen LogP contribution >= 0.6 is 0 Å². The molecule has 10 heteroatoms. The second-order valence-electron chi connectivity index (χ2n) is 7.30. The van der Waals surface area contributed by atoms with Gasteiger partial charge in [0.25, 0.3) is 5.91 Å². The largest absolute Gasteiger partial charge is 1.00 e. The topological polar surface area (TPSA) is 93.6 Å². The van der Waals surface area contributed by atoms with Gasteiger partial charge < -0.3 is 52.7 Å². The number of hydrogen-bond donors (Lipinski definition) is 1. The number of anilines is 2. The van der Waals surface area contributed by atoms with Gasteiger partial charge in [-0.3, -0.25) is 11.2 Å². The van der Waals surface area contributed by atoms with E-state index >= 15 is 0 Å². The summed E-state index contributed by atoms with van der Waals surface area (Å²) in [4.78, 5) is 32.7. The van der Waals surface area contributed by atoms with Gasteiger partial charge in [0.15, 0.2) is 0 Å². The van der Waals surface area contributed by atoms with Crippen LogP contribution in [0, 0.1) is 34.6 Å². The molecule has 0 aliphatic rings. The molecule has 0 unspecified atom stereocenters. The van der Waals surface area contributed by atoms with Gasteiger partial charge >= 0.3 is 43.7 Å². The van der Waals surface area contributed by atoms with Crippen molar-refractivity contribution < 1.29 is 56.8 Å². The van der Waals surface area contributed by atoms with Gasteiger partial charge in [0.2, 0.25) is 0 Å². The predicted molar refractivity (Wildman–Crippen MR) is 150 cm³/mol. The maximum atomic E-state index is 13.2. The number of ether oxygens (including phenoxy) is 2. The molecule has 8 nitrogen and oxygen atoms in total. The van der Waals surface area contributed by atoms with Crippen molar-refractivity contribution in [2.75, 3.05) is 37.0 Å². The molecule has 200 valence electrons. The average Bonchev–Trinajstić information content (AvgIpc) is 2.91. The first-order chi connectivity index (χ1) is 17.5. The summed E-state index contributed by atoms with van der Waals surface area (Å²) in [5, 5.41) is 4.80. The molecule has 0 spiro atoms. The molecule has 0 atom stereocenters. The average molecular weight is 516 g/mol. The predicted octanol–water partition coefficient (Wildman–Crippen LogP) is -0.697. The zero-order valence-electron chi connectivity index (χ0n) is 23.5. The summed E-state index contributed by atoms with van der Waals surface area (Å²) in [5.74, 6) is 0.789. The summed E-state index contributed by atoms with van der Waals surface area (Å²) in [5.41, 5.74) is 0.809. The fraction of sp³-hybridized carbons (Fsp3) is 0.207. The first-order valence-corrected chi connectivity index (χ1v) is 11.3. The van der Waals surface area contributed by atoms with Gasteiger partial charge in [-0.05, 0) is 24.3 Å². The normalized spacial score (nSPS) is 9.33. The van der Waals surface area contributed by atoms with Crippen molar-refractivity contribution in [1.82, 2.24) is 9.97 Å². The first kappa shape index (κ1) is 38.4. The molecule has 0 bridgehead atoms. The van der Waals surface area contributed by atoms with Crippen LogP contribution in [0.3, 0.4) is 0 Å². The minimum Gasteiger partial charge on any atom is -0.497 e. The van der Waals surface area contributed by atoms with Crippen molar-refractivity contribution in [3.63, 3.8) is 0 Å². The van der Waals surface area contributed by atoms with Crippen molar-refractivity contribution in [2.24, 2.45) is 0 Å². The molecular weight excluding hydrogens is 482 g/mol. The van der Waals surface area contributed by atoms with Gasteiger partial charge in [0.05, 0.1) is 12.8 Å². The zero-order chi connectivity index (χ0) is 26.3. The number of benzene rings is 2. The number of fused-ring (bicyclic) bond motifs is 1. The third-order valence-corrected chi connectivity index (χ3v) is 4.93. The number of aromatic nitrogens is 2. The molecule has 0 aliphatic heterocycles. The number of unbranched alkanes of at least 4 members (excludes halogenated alkanes) is 2. The molecule has 1 aromatic heterocycles. The maximum Gasteiger partial charge on any atom is 1.00 e. The van der Waals surface area contributed by atoms with E-state index in [9.17, 15) is 4.79 Å². The van der Waals surface area contributed by atoms with Crippen LogP contribution in [-0.2, 0) is 4.79 Å². The Kier molecular flexibility index (Phi) is 20.8. The van der Waals surface area contributed by atoms with Crippen molar-refractivity contribution in [3.05, 3.63) is 95.4 Å². The fourth-order valence-electron chi connectivity index (χ4n) is 3.15. The minimum atomic E-state index is -0.383. The fourth-order valence-corrected chi connectivity index (χ4v) is 3.15. The Morgan fingerprint density at radius 2 is 1.82 bits per heavy atom. The third kappa shape index (κ3) is 11.9. The van der Waals surface area contributed by atoms with E-state index in [-0.39, 0.29) is 62.8 Å². The second kappa shape index (κ2) is 21.1. The molecule has 1 amide bonds. The molecule has 0 aliphatic carbocycles. The van der Waals surface area contributed by atoms with Crippen LogP contribution < -0.4 is 57.4 Å². The van der Waals surface area contributed by atoms with Gasteiger partial charge in [-0.15, -0.1) is 13.1 Å². The van der Waals surface area contributed by atoms with E-state index in [0.717, 1.165) is 29.7 Å². The molecule has 0 saturated carbocycles. The molecule has 0 fully saturated rings. The summed E-state index contributed by atoms with van der Waals surface area (Å²) < 4.78 is 11.1. The monoisotopic (exact) mass is 516 g/mol. The number of hydrogen-bond acceptors (Lipinski definition) is 7. The van der Waals surface area contributed by atoms with Crippen LogP contribution in [0.1, 0.15) is 23.3 Å². The number of nitrogens with zero attached hydrogens (tertiary/aromatic N) is 3. The number of carbonyl (C=O) groups is 1. The molecule has 0 saturated heterocycles. The van der Waals surface area contributed by atoms with Crippen LogP contribution in [0.2, 0.25) is 0 Å². The minimum absolute atomic E-state index is 0. The van der Waals surface area contributed by atoms with Gasteiger partial charge in [-0.25, -0.2) is 25.5 Å². The van der Waals surface area contributed by atoms with E-state index < -0.39 is 0 Å². The Morgan fingerprint density at radius 3 is 2.41 bits per heavy atom. The number of methoxy groups -OCH3 is 1. The van der Waals surface area contributed by atoms with Gasteiger partial charge in [0, 0.05) is 17.5 Å². The van der Waals surface area contributed by atoms with Crippen molar-refractivity contribution >= 4 is 34.5 Å². The SMILES string of the molecule is C=C[C-]=O.[CH2-]CC[CH-]COc1nc(C(=O)Nc2cc(OC)cc3ccccc23)cc(N(C[CH2-])C[CH2-])n1.[CH3-].[Li+].[Li+]. The number of amides is 1. The Labute approximate surface area is 257 Å². The van der Waals surface area contributed by atoms with Crippen LogP contribution in [0.4, 0.5) is 11.5 Å². The van der Waals surface area contributed by atoms with E-state index in [1.165, 1.54) is 6.29 Å². The first-order valence-electron chi connectivity index (χ1n) is 11.3. The second-order valence-corrected chi connectivity index (χ2v) is 7.30. The van der Waals surface area contributed by atoms with E-state index in [2.05, 4.69) is 42.6 Å². The molecule has 0 radical (unpaired) electrons. The Morgan fingerprint density at radius 1 is 1.15 bits per heavy atom.